The molecule has 1 rings (SSSR count). The van der Waals surface area contributed by atoms with E-state index >= 15 is 0 Å². The largest absolute Gasteiger partial charge is 0.497 e. The lowest BCUT2D eigenvalue weighted by Gasteiger charge is -2.11. The lowest BCUT2D eigenvalue weighted by molar-refractivity contribution is 0.0981. The third-order valence-corrected chi connectivity index (χ3v) is 2.73. The number of alkyl halides is 3. The fourth-order valence-corrected chi connectivity index (χ4v) is 1.56. The first-order valence-corrected chi connectivity index (χ1v) is 7.10. The molecule has 8 heteroatoms. The summed E-state index contributed by atoms with van der Waals surface area (Å²) in [6, 6.07) is 6.69. The Kier molecular flexibility index (Phi) is 7.08. The lowest BCUT2D eigenvalue weighted by atomic mass is 10.1. The topological polar surface area (TPSA) is 64.6 Å². The summed E-state index contributed by atoms with van der Waals surface area (Å²) in [6.45, 7) is -0.237. The van der Waals surface area contributed by atoms with Crippen molar-refractivity contribution in [1.82, 2.24) is 5.32 Å². The standard InChI is InChI=1S/C13H14Cl3NO4/c1-20-10-4-2-9(3-5-10)11(18)6-7-17-12(19)21-8-13(14,15)16/h2-5H,6-8H2,1H3,(H,17,19). The number of amides is 1. The van der Waals surface area contributed by atoms with Crippen molar-refractivity contribution in [3.8, 4) is 5.75 Å². The van der Waals surface area contributed by atoms with E-state index in [9.17, 15) is 9.59 Å². The molecule has 1 amide bonds. The van der Waals surface area contributed by atoms with Gasteiger partial charge in [-0.05, 0) is 24.3 Å². The van der Waals surface area contributed by atoms with Gasteiger partial charge in [0.15, 0.2) is 5.78 Å². The van der Waals surface area contributed by atoms with Crippen molar-refractivity contribution in [1.29, 1.82) is 0 Å². The van der Waals surface area contributed by atoms with E-state index < -0.39 is 9.89 Å². The number of ketones is 1. The summed E-state index contributed by atoms with van der Waals surface area (Å²) < 4.78 is 7.99. The summed E-state index contributed by atoms with van der Waals surface area (Å²) in [5.41, 5.74) is 0.534. The summed E-state index contributed by atoms with van der Waals surface area (Å²) in [7, 11) is 1.55. The van der Waals surface area contributed by atoms with Crippen molar-refractivity contribution in [3.05, 3.63) is 29.8 Å². The predicted molar refractivity (Wildman–Crippen MR) is 81.6 cm³/mol. The van der Waals surface area contributed by atoms with Gasteiger partial charge >= 0.3 is 6.09 Å². The molecule has 0 saturated carbocycles. The van der Waals surface area contributed by atoms with Crippen LogP contribution in [0.3, 0.4) is 0 Å². The highest BCUT2D eigenvalue weighted by Crippen LogP contribution is 2.25. The molecular formula is C13H14Cl3NO4. The molecule has 1 N–H and O–H groups in total. The molecule has 21 heavy (non-hydrogen) atoms. The minimum absolute atomic E-state index is 0.112. The predicted octanol–water partition coefficient (Wildman–Crippen LogP) is 3.36. The summed E-state index contributed by atoms with van der Waals surface area (Å²) in [5.74, 6) is 0.555. The molecule has 0 saturated heterocycles. The minimum Gasteiger partial charge on any atom is -0.497 e. The Balaban J connectivity index is 2.31. The molecule has 0 unspecified atom stereocenters. The van der Waals surface area contributed by atoms with E-state index in [-0.39, 0.29) is 25.4 Å². The fraction of sp³-hybridized carbons (Fsp3) is 0.385. The van der Waals surface area contributed by atoms with Crippen molar-refractivity contribution in [3.63, 3.8) is 0 Å². The molecule has 0 aliphatic carbocycles. The lowest BCUT2D eigenvalue weighted by Crippen LogP contribution is -2.29. The van der Waals surface area contributed by atoms with Crippen LogP contribution in [-0.2, 0) is 4.74 Å². The molecule has 0 aromatic heterocycles. The molecule has 0 bridgehead atoms. The first kappa shape index (κ1) is 17.9. The van der Waals surface area contributed by atoms with Gasteiger partial charge < -0.3 is 14.8 Å². The number of halogens is 3. The Bertz CT molecular complexity index is 485. The number of Topliss-reactive ketones (excluding diaryl/α,β-unsaturated/α-hetero) is 1. The average molecular weight is 355 g/mol. The molecule has 116 valence electrons. The highest BCUT2D eigenvalue weighted by molar-refractivity contribution is 6.67. The highest BCUT2D eigenvalue weighted by atomic mass is 35.6. The summed E-state index contributed by atoms with van der Waals surface area (Å²) in [6.07, 6.45) is -0.612. The van der Waals surface area contributed by atoms with E-state index in [1.807, 2.05) is 0 Å². The maximum atomic E-state index is 11.8. The van der Waals surface area contributed by atoms with Crippen LogP contribution < -0.4 is 10.1 Å². The second kappa shape index (κ2) is 8.32. The van der Waals surface area contributed by atoms with E-state index in [0.29, 0.717) is 11.3 Å². The normalized spacial score (nSPS) is 10.9. The molecule has 5 nitrogen and oxygen atoms in total. The molecule has 0 atom stereocenters. The van der Waals surface area contributed by atoms with Crippen molar-refractivity contribution < 1.29 is 19.1 Å². The molecule has 0 radical (unpaired) electrons. The first-order valence-electron chi connectivity index (χ1n) is 5.96. The zero-order valence-electron chi connectivity index (χ0n) is 11.2. The van der Waals surface area contributed by atoms with Crippen LogP contribution in [0.2, 0.25) is 0 Å². The summed E-state index contributed by atoms with van der Waals surface area (Å²) in [4.78, 5) is 23.1. The van der Waals surface area contributed by atoms with E-state index in [2.05, 4.69) is 10.1 Å². The number of carbonyl (C=O) groups excluding carboxylic acids is 2. The number of benzene rings is 1. The van der Waals surface area contributed by atoms with Gasteiger partial charge in [0.1, 0.15) is 12.4 Å². The Morgan fingerprint density at radius 1 is 1.19 bits per heavy atom. The summed E-state index contributed by atoms with van der Waals surface area (Å²) >= 11 is 16.3. The Morgan fingerprint density at radius 3 is 2.33 bits per heavy atom. The third-order valence-electron chi connectivity index (χ3n) is 2.40. The molecule has 1 aromatic rings. The number of rotatable bonds is 6. The SMILES string of the molecule is COc1ccc(C(=O)CCNC(=O)OCC(Cl)(Cl)Cl)cc1. The van der Waals surface area contributed by atoms with E-state index in [0.717, 1.165) is 0 Å². The van der Waals surface area contributed by atoms with Crippen LogP contribution >= 0.6 is 34.8 Å². The van der Waals surface area contributed by atoms with E-state index in [1.165, 1.54) is 0 Å². The van der Waals surface area contributed by atoms with Crippen molar-refractivity contribution >= 4 is 46.7 Å². The number of methoxy groups -OCH3 is 1. The molecule has 1 aromatic carbocycles. The maximum Gasteiger partial charge on any atom is 0.407 e. The maximum absolute atomic E-state index is 11.8. The molecule has 0 heterocycles. The van der Waals surface area contributed by atoms with Crippen molar-refractivity contribution in [2.45, 2.75) is 10.2 Å². The van der Waals surface area contributed by atoms with Crippen LogP contribution in [0.5, 0.6) is 5.75 Å². The fourth-order valence-electron chi connectivity index (χ4n) is 1.40. The van der Waals surface area contributed by atoms with Gasteiger partial charge in [0, 0.05) is 18.5 Å². The quantitative estimate of drug-likeness (QED) is 0.628. The summed E-state index contributed by atoms with van der Waals surface area (Å²) in [5, 5.41) is 2.40. The second-order valence-corrected chi connectivity index (χ2v) is 6.54. The third kappa shape index (κ3) is 7.41. The van der Waals surface area contributed by atoms with Crippen LogP contribution in [0.4, 0.5) is 4.79 Å². The van der Waals surface area contributed by atoms with Crippen LogP contribution in [0.15, 0.2) is 24.3 Å². The molecule has 0 aliphatic heterocycles. The number of nitrogens with one attached hydrogen (secondary N) is 1. The van der Waals surface area contributed by atoms with Gasteiger partial charge in [-0.2, -0.15) is 0 Å². The number of hydrogen-bond donors (Lipinski definition) is 1. The number of alkyl carbamates (subject to hydrolysis) is 1. The first-order chi connectivity index (χ1) is 9.81. The smallest absolute Gasteiger partial charge is 0.407 e. The van der Waals surface area contributed by atoms with Crippen LogP contribution in [0.25, 0.3) is 0 Å². The zero-order chi connectivity index (χ0) is 15.9. The average Bonchev–Trinajstić information content (AvgIpc) is 2.44. The zero-order valence-corrected chi connectivity index (χ0v) is 13.5. The van der Waals surface area contributed by atoms with Gasteiger partial charge in [0.25, 0.3) is 0 Å². The highest BCUT2D eigenvalue weighted by Gasteiger charge is 2.22. The Morgan fingerprint density at radius 2 is 1.81 bits per heavy atom. The van der Waals surface area contributed by atoms with Crippen molar-refractivity contribution in [2.75, 3.05) is 20.3 Å². The van der Waals surface area contributed by atoms with Crippen LogP contribution in [-0.4, -0.2) is 35.9 Å². The number of hydrogen-bond acceptors (Lipinski definition) is 4. The monoisotopic (exact) mass is 353 g/mol. The van der Waals surface area contributed by atoms with Gasteiger partial charge in [0.2, 0.25) is 3.79 Å². The van der Waals surface area contributed by atoms with Crippen molar-refractivity contribution in [2.24, 2.45) is 0 Å². The Labute approximate surface area is 137 Å². The van der Waals surface area contributed by atoms with Gasteiger partial charge in [-0.25, -0.2) is 4.79 Å². The van der Waals surface area contributed by atoms with Crippen LogP contribution in [0.1, 0.15) is 16.8 Å². The van der Waals surface area contributed by atoms with Gasteiger partial charge in [0.05, 0.1) is 7.11 Å². The minimum atomic E-state index is -1.66. The van der Waals surface area contributed by atoms with Gasteiger partial charge in [-0.3, -0.25) is 4.79 Å². The van der Waals surface area contributed by atoms with Crippen LogP contribution in [0, 0.1) is 0 Å². The Hall–Kier alpha value is -1.17. The van der Waals surface area contributed by atoms with E-state index in [1.54, 1.807) is 31.4 Å². The molecule has 0 spiro atoms. The second-order valence-electron chi connectivity index (χ2n) is 4.02. The number of ether oxygens (including phenoxy) is 2. The molecule has 0 aliphatic rings. The van der Waals surface area contributed by atoms with Gasteiger partial charge in [-0.1, -0.05) is 34.8 Å². The molecule has 0 fully saturated rings. The van der Waals surface area contributed by atoms with E-state index in [4.69, 9.17) is 39.5 Å². The number of carbonyl (C=O) groups is 2. The molecular weight excluding hydrogens is 341 g/mol. The van der Waals surface area contributed by atoms with Gasteiger partial charge in [-0.15, -0.1) is 0 Å².